The maximum atomic E-state index is 13.5. The number of hydrogen-bond donors (Lipinski definition) is 1. The second kappa shape index (κ2) is 8.86. The first-order chi connectivity index (χ1) is 12.4. The van der Waals surface area contributed by atoms with Crippen molar-refractivity contribution in [2.24, 2.45) is 0 Å². The summed E-state index contributed by atoms with van der Waals surface area (Å²) in [5.41, 5.74) is 0.596. The average Bonchev–Trinajstić information content (AvgIpc) is 2.62. The first-order valence-corrected chi connectivity index (χ1v) is 9.78. The van der Waals surface area contributed by atoms with Gasteiger partial charge in [0.15, 0.2) is 21.4 Å². The molecule has 0 spiro atoms. The molecule has 9 heteroatoms. The molecule has 1 aliphatic heterocycles. The van der Waals surface area contributed by atoms with Crippen molar-refractivity contribution in [1.82, 2.24) is 5.32 Å². The van der Waals surface area contributed by atoms with Gasteiger partial charge in [-0.2, -0.15) is 0 Å². The Morgan fingerprint density at radius 1 is 1.19 bits per heavy atom. The van der Waals surface area contributed by atoms with Gasteiger partial charge in [0.25, 0.3) is 0 Å². The van der Waals surface area contributed by atoms with E-state index in [1.54, 1.807) is 18.2 Å². The van der Waals surface area contributed by atoms with Gasteiger partial charge in [-0.1, -0.05) is 6.07 Å². The molecule has 0 saturated carbocycles. The predicted molar refractivity (Wildman–Crippen MR) is 99.5 cm³/mol. The highest BCUT2D eigenvalue weighted by Gasteiger charge is 2.32. The van der Waals surface area contributed by atoms with Crippen LogP contribution in [0.25, 0.3) is 0 Å². The van der Waals surface area contributed by atoms with Crippen LogP contribution in [0.4, 0.5) is 8.78 Å². The molecule has 2 aromatic carbocycles. The van der Waals surface area contributed by atoms with Crippen LogP contribution in [0.5, 0.6) is 11.5 Å². The summed E-state index contributed by atoms with van der Waals surface area (Å²) in [5.74, 6) is -0.839. The van der Waals surface area contributed by atoms with Gasteiger partial charge in [-0.3, -0.25) is 0 Å². The van der Waals surface area contributed by atoms with Crippen LogP contribution in [0.3, 0.4) is 0 Å². The Hall–Kier alpha value is -1.90. The Bertz CT molecular complexity index is 908. The van der Waals surface area contributed by atoms with Crippen LogP contribution in [0.1, 0.15) is 18.0 Å². The van der Waals surface area contributed by atoms with Crippen LogP contribution in [-0.2, 0) is 9.84 Å². The van der Waals surface area contributed by atoms with Crippen molar-refractivity contribution in [2.45, 2.75) is 17.4 Å². The molecule has 1 aliphatic rings. The van der Waals surface area contributed by atoms with E-state index in [-0.39, 0.29) is 41.5 Å². The van der Waals surface area contributed by atoms with Crippen LogP contribution < -0.4 is 14.8 Å². The lowest BCUT2D eigenvalue weighted by Crippen LogP contribution is -2.32. The Balaban J connectivity index is 0.00000261. The maximum Gasteiger partial charge on any atom is 0.178 e. The van der Waals surface area contributed by atoms with Crippen molar-refractivity contribution >= 4 is 22.2 Å². The van der Waals surface area contributed by atoms with Crippen LogP contribution in [0.2, 0.25) is 0 Å². The molecule has 2 aromatic rings. The van der Waals surface area contributed by atoms with E-state index in [1.807, 2.05) is 0 Å². The van der Waals surface area contributed by atoms with Crippen LogP contribution in [0, 0.1) is 11.6 Å². The molecule has 1 N–H and O–H groups in total. The van der Waals surface area contributed by atoms with Gasteiger partial charge in [-0.25, -0.2) is 17.2 Å². The Morgan fingerprint density at radius 2 is 1.96 bits per heavy atom. The van der Waals surface area contributed by atoms with Crippen LogP contribution >= 0.6 is 12.4 Å². The highest BCUT2D eigenvalue weighted by molar-refractivity contribution is 7.91. The molecule has 0 aromatic heterocycles. The number of sulfone groups is 1. The lowest BCUT2D eigenvalue weighted by Gasteiger charge is -2.28. The van der Waals surface area contributed by atoms with Crippen molar-refractivity contribution < 1.29 is 26.7 Å². The number of nitrogens with one attached hydrogen (secondary N) is 1. The molecule has 1 unspecified atom stereocenters. The van der Waals surface area contributed by atoms with Crippen molar-refractivity contribution in [1.29, 1.82) is 0 Å². The third kappa shape index (κ3) is 4.69. The lowest BCUT2D eigenvalue weighted by atomic mass is 10.0. The molecule has 3 rings (SSSR count). The SMILES string of the molecule is COc1cccc2c1C(NCCOc1cc(F)ccc1F)CCS2(=O)=O.Cl. The molecule has 0 radical (unpaired) electrons. The summed E-state index contributed by atoms with van der Waals surface area (Å²) in [6.07, 6.45) is 0.393. The van der Waals surface area contributed by atoms with Gasteiger partial charge in [0, 0.05) is 24.2 Å². The Kier molecular flexibility index (Phi) is 7.02. The standard InChI is InChI=1S/C18H19F2NO4S.ClH/c1-24-15-3-2-4-17-18(15)14(7-10-26(17,22)23)21-8-9-25-16-11-12(19)5-6-13(16)20;/h2-6,11,14,21H,7-10H2,1H3;1H. The van der Waals surface area contributed by atoms with Crippen molar-refractivity contribution in [3.8, 4) is 11.5 Å². The topological polar surface area (TPSA) is 64.6 Å². The van der Waals surface area contributed by atoms with Gasteiger partial charge in [0.1, 0.15) is 18.2 Å². The largest absolute Gasteiger partial charge is 0.496 e. The summed E-state index contributed by atoms with van der Waals surface area (Å²) in [7, 11) is -1.84. The van der Waals surface area contributed by atoms with E-state index in [1.165, 1.54) is 7.11 Å². The van der Waals surface area contributed by atoms with Gasteiger partial charge in [-0.15, -0.1) is 12.4 Å². The summed E-state index contributed by atoms with van der Waals surface area (Å²) in [6, 6.07) is 7.71. The number of hydrogen-bond acceptors (Lipinski definition) is 5. The summed E-state index contributed by atoms with van der Waals surface area (Å²) in [5, 5.41) is 3.21. The van der Waals surface area contributed by atoms with E-state index in [0.29, 0.717) is 24.3 Å². The van der Waals surface area contributed by atoms with Crippen LogP contribution in [-0.4, -0.2) is 34.4 Å². The molecule has 0 aliphatic carbocycles. The summed E-state index contributed by atoms with van der Waals surface area (Å²) < 4.78 is 61.8. The summed E-state index contributed by atoms with van der Waals surface area (Å²) in [4.78, 5) is 0.262. The molecule has 0 amide bonds. The van der Waals surface area contributed by atoms with Gasteiger partial charge in [-0.05, 0) is 30.7 Å². The highest BCUT2D eigenvalue weighted by atomic mass is 35.5. The zero-order valence-electron chi connectivity index (χ0n) is 14.6. The Morgan fingerprint density at radius 3 is 2.70 bits per heavy atom. The first-order valence-electron chi connectivity index (χ1n) is 8.13. The molecule has 5 nitrogen and oxygen atoms in total. The minimum Gasteiger partial charge on any atom is -0.496 e. The quantitative estimate of drug-likeness (QED) is 0.728. The number of fused-ring (bicyclic) bond motifs is 1. The number of ether oxygens (including phenoxy) is 2. The highest BCUT2D eigenvalue weighted by Crippen LogP contribution is 2.38. The lowest BCUT2D eigenvalue weighted by molar-refractivity contribution is 0.287. The van der Waals surface area contributed by atoms with E-state index in [0.717, 1.165) is 18.2 Å². The first kappa shape index (κ1) is 21.4. The smallest absolute Gasteiger partial charge is 0.178 e. The number of halogens is 3. The number of methoxy groups -OCH3 is 1. The summed E-state index contributed by atoms with van der Waals surface area (Å²) in [6.45, 7) is 0.437. The fraction of sp³-hybridized carbons (Fsp3) is 0.333. The maximum absolute atomic E-state index is 13.5. The van der Waals surface area contributed by atoms with E-state index in [9.17, 15) is 17.2 Å². The third-order valence-electron chi connectivity index (χ3n) is 4.25. The van der Waals surface area contributed by atoms with E-state index in [4.69, 9.17) is 9.47 Å². The van der Waals surface area contributed by atoms with Crippen molar-refractivity contribution in [3.63, 3.8) is 0 Å². The normalized spacial score (nSPS) is 17.5. The molecular weight excluding hydrogens is 400 g/mol. The second-order valence-electron chi connectivity index (χ2n) is 5.91. The molecule has 1 atom stereocenters. The molecule has 0 bridgehead atoms. The van der Waals surface area contributed by atoms with Gasteiger partial charge in [0.05, 0.1) is 17.8 Å². The second-order valence-corrected chi connectivity index (χ2v) is 7.99. The number of benzene rings is 2. The summed E-state index contributed by atoms with van der Waals surface area (Å²) >= 11 is 0. The Labute approximate surface area is 163 Å². The van der Waals surface area contributed by atoms with Gasteiger partial charge < -0.3 is 14.8 Å². The van der Waals surface area contributed by atoms with Crippen LogP contribution in [0.15, 0.2) is 41.3 Å². The minimum atomic E-state index is -3.33. The van der Waals surface area contributed by atoms with Crippen molar-refractivity contribution in [3.05, 3.63) is 53.6 Å². The molecule has 0 saturated heterocycles. The van der Waals surface area contributed by atoms with Crippen molar-refractivity contribution in [2.75, 3.05) is 26.0 Å². The zero-order chi connectivity index (χ0) is 18.7. The molecule has 1 heterocycles. The molecule has 148 valence electrons. The van der Waals surface area contributed by atoms with Gasteiger partial charge in [0.2, 0.25) is 0 Å². The zero-order valence-corrected chi connectivity index (χ0v) is 16.2. The van der Waals surface area contributed by atoms with E-state index < -0.39 is 21.5 Å². The monoisotopic (exact) mass is 419 g/mol. The van der Waals surface area contributed by atoms with E-state index >= 15 is 0 Å². The third-order valence-corrected chi connectivity index (χ3v) is 6.05. The molecular formula is C18H20ClF2NO4S. The predicted octanol–water partition coefficient (Wildman–Crippen LogP) is 3.28. The molecule has 0 fully saturated rings. The number of rotatable bonds is 6. The van der Waals surface area contributed by atoms with Gasteiger partial charge >= 0.3 is 0 Å². The molecule has 27 heavy (non-hydrogen) atoms. The fourth-order valence-electron chi connectivity index (χ4n) is 3.03. The minimum absolute atomic E-state index is 0. The fourth-order valence-corrected chi connectivity index (χ4v) is 4.66. The van der Waals surface area contributed by atoms with E-state index in [2.05, 4.69) is 5.32 Å². The average molecular weight is 420 g/mol.